The van der Waals surface area contributed by atoms with Crippen molar-refractivity contribution in [3.63, 3.8) is 0 Å². The maximum absolute atomic E-state index is 12.7. The van der Waals surface area contributed by atoms with Crippen LogP contribution in [-0.4, -0.2) is 81.2 Å². The van der Waals surface area contributed by atoms with Crippen molar-refractivity contribution in [2.45, 2.75) is 56.5 Å². The van der Waals surface area contributed by atoms with Crippen LogP contribution in [0.2, 0.25) is 0 Å². The highest BCUT2D eigenvalue weighted by atomic mass is 16.4. The molecule has 0 aliphatic rings. The molecule has 10 N–H and O–H groups in total. The first-order chi connectivity index (χ1) is 16.3. The average Bonchev–Trinajstić information content (AvgIpc) is 2.75. The number of nitrogens with one attached hydrogen (secondary N) is 3. The summed E-state index contributed by atoms with van der Waals surface area (Å²) in [6, 6.07) is 2.41. The van der Waals surface area contributed by atoms with Crippen molar-refractivity contribution in [3.05, 3.63) is 35.9 Å². The number of amides is 4. The van der Waals surface area contributed by atoms with Gasteiger partial charge in [0.25, 0.3) is 0 Å². The van der Waals surface area contributed by atoms with Gasteiger partial charge in [0.05, 0.1) is 25.0 Å². The molecule has 5 atom stereocenters. The Morgan fingerprint density at radius 1 is 0.857 bits per heavy atom. The summed E-state index contributed by atoms with van der Waals surface area (Å²) in [5.74, 6) is -7.26. The third kappa shape index (κ3) is 10.2. The molecule has 0 radical (unpaired) electrons. The van der Waals surface area contributed by atoms with Gasteiger partial charge < -0.3 is 42.7 Å². The second kappa shape index (κ2) is 13.6. The molecule has 0 aromatic heterocycles. The van der Waals surface area contributed by atoms with E-state index in [1.807, 2.05) is 5.32 Å². The second-order valence-corrected chi connectivity index (χ2v) is 7.75. The van der Waals surface area contributed by atoms with Crippen LogP contribution in [-0.2, 0) is 35.2 Å². The molecule has 0 spiro atoms. The lowest BCUT2D eigenvalue weighted by molar-refractivity contribution is -0.146. The van der Waals surface area contributed by atoms with E-state index in [2.05, 4.69) is 10.6 Å². The molecule has 0 saturated carbocycles. The Hall–Kier alpha value is -4.04. The third-order valence-corrected chi connectivity index (χ3v) is 4.73. The minimum atomic E-state index is -1.80. The fourth-order valence-electron chi connectivity index (χ4n) is 2.95. The highest BCUT2D eigenvalue weighted by Gasteiger charge is 2.33. The van der Waals surface area contributed by atoms with Gasteiger partial charge in [-0.2, -0.15) is 0 Å². The van der Waals surface area contributed by atoms with Gasteiger partial charge in [-0.25, -0.2) is 4.79 Å². The molecule has 0 heterocycles. The summed E-state index contributed by atoms with van der Waals surface area (Å²) in [4.78, 5) is 71.5. The molecule has 4 amide bonds. The van der Waals surface area contributed by atoms with Crippen LogP contribution in [0.15, 0.2) is 30.3 Å². The minimum absolute atomic E-state index is 0.109. The fourth-order valence-corrected chi connectivity index (χ4v) is 2.95. The molecule has 192 valence electrons. The van der Waals surface area contributed by atoms with Gasteiger partial charge in [0.2, 0.25) is 23.6 Å². The quantitative estimate of drug-likeness (QED) is 0.128. The number of carboxylic acid groups (broad SMARTS) is 2. The molecule has 0 aliphatic carbocycles. The van der Waals surface area contributed by atoms with E-state index in [4.69, 9.17) is 21.7 Å². The van der Waals surface area contributed by atoms with Gasteiger partial charge in [-0.05, 0) is 18.9 Å². The number of nitrogens with two attached hydrogens (primary N) is 2. The molecule has 0 fully saturated rings. The third-order valence-electron chi connectivity index (χ3n) is 4.73. The number of benzene rings is 1. The molecular weight excluding hydrogens is 466 g/mol. The normalized spacial score (nSPS) is 14.9. The maximum atomic E-state index is 12.7. The number of carbonyl (C=O) groups excluding carboxylic acids is 4. The first-order valence-corrected chi connectivity index (χ1v) is 10.4. The zero-order valence-corrected chi connectivity index (χ0v) is 18.8. The summed E-state index contributed by atoms with van der Waals surface area (Å²) in [5, 5.41) is 33.9. The smallest absolute Gasteiger partial charge is 0.328 e. The summed E-state index contributed by atoms with van der Waals surface area (Å²) < 4.78 is 0. The van der Waals surface area contributed by atoms with Crippen LogP contribution in [0.1, 0.15) is 25.3 Å². The highest BCUT2D eigenvalue weighted by molar-refractivity contribution is 5.97. The summed E-state index contributed by atoms with van der Waals surface area (Å²) in [6.45, 7) is 1.08. The van der Waals surface area contributed by atoms with Gasteiger partial charge in [0, 0.05) is 0 Å². The van der Waals surface area contributed by atoms with Crippen LogP contribution >= 0.6 is 0 Å². The number of hydrogen-bond acceptors (Lipinski definition) is 8. The highest BCUT2D eigenvalue weighted by Crippen LogP contribution is 2.04. The van der Waals surface area contributed by atoms with Gasteiger partial charge in [0.1, 0.15) is 12.1 Å². The van der Waals surface area contributed by atoms with Crippen molar-refractivity contribution in [2.24, 2.45) is 11.5 Å². The second-order valence-electron chi connectivity index (χ2n) is 7.75. The maximum Gasteiger partial charge on any atom is 0.328 e. The van der Waals surface area contributed by atoms with Gasteiger partial charge >= 0.3 is 11.9 Å². The Bertz CT molecular complexity index is 938. The molecular formula is C21H29N5O9. The van der Waals surface area contributed by atoms with Crippen LogP contribution in [0.4, 0.5) is 0 Å². The van der Waals surface area contributed by atoms with Gasteiger partial charge in [-0.3, -0.25) is 24.0 Å². The standard InChI is InChI=1S/C21H29N5O9/c1-10(27)17(21(34)35)26-20(33)14(9-16(29)30)25-19(32)13(8-15(23)28)24-18(31)12(22)7-11-5-3-2-4-6-11/h2-6,10,12-14,17,27H,7-9,22H2,1H3,(H2,23,28)(H,24,31)(H,25,32)(H,26,33)(H,29,30)(H,34,35). The lowest BCUT2D eigenvalue weighted by Crippen LogP contribution is -2.59. The van der Waals surface area contributed by atoms with Crippen LogP contribution in [0.5, 0.6) is 0 Å². The van der Waals surface area contributed by atoms with Gasteiger partial charge in [-0.1, -0.05) is 30.3 Å². The van der Waals surface area contributed by atoms with Crippen LogP contribution in [0, 0.1) is 0 Å². The molecule has 1 aromatic rings. The molecule has 0 saturated heterocycles. The van der Waals surface area contributed by atoms with Crippen molar-refractivity contribution in [1.82, 2.24) is 16.0 Å². The molecule has 0 aliphatic heterocycles. The van der Waals surface area contributed by atoms with Gasteiger partial charge in [-0.15, -0.1) is 0 Å². The first-order valence-electron chi connectivity index (χ1n) is 10.4. The van der Waals surface area contributed by atoms with Crippen molar-refractivity contribution in [1.29, 1.82) is 0 Å². The van der Waals surface area contributed by atoms with E-state index in [0.29, 0.717) is 0 Å². The van der Waals surface area contributed by atoms with Crippen molar-refractivity contribution in [3.8, 4) is 0 Å². The zero-order valence-electron chi connectivity index (χ0n) is 18.8. The van der Waals surface area contributed by atoms with Crippen molar-refractivity contribution < 1.29 is 44.1 Å². The SMILES string of the molecule is CC(O)C(NC(=O)C(CC(=O)O)NC(=O)C(CC(N)=O)NC(=O)C(N)Cc1ccccc1)C(=O)O. The summed E-state index contributed by atoms with van der Waals surface area (Å²) in [5.41, 5.74) is 11.7. The molecule has 5 unspecified atom stereocenters. The first kappa shape index (κ1) is 29.0. The number of carbonyl (C=O) groups is 6. The Kier molecular flexibility index (Phi) is 11.3. The van der Waals surface area contributed by atoms with E-state index in [1.165, 1.54) is 0 Å². The molecule has 1 rings (SSSR count). The topological polar surface area (TPSA) is 251 Å². The summed E-state index contributed by atoms with van der Waals surface area (Å²) in [6.07, 6.45) is -3.08. The van der Waals surface area contributed by atoms with Crippen LogP contribution in [0.3, 0.4) is 0 Å². The van der Waals surface area contributed by atoms with Crippen molar-refractivity contribution >= 4 is 35.6 Å². The van der Waals surface area contributed by atoms with E-state index in [-0.39, 0.29) is 6.42 Å². The monoisotopic (exact) mass is 495 g/mol. The number of aliphatic hydroxyl groups is 1. The number of primary amides is 1. The summed E-state index contributed by atoms with van der Waals surface area (Å²) in [7, 11) is 0. The number of carboxylic acids is 2. The Morgan fingerprint density at radius 2 is 1.37 bits per heavy atom. The Morgan fingerprint density at radius 3 is 1.86 bits per heavy atom. The van der Waals surface area contributed by atoms with E-state index in [9.17, 15) is 33.9 Å². The predicted molar refractivity (Wildman–Crippen MR) is 119 cm³/mol. The molecule has 35 heavy (non-hydrogen) atoms. The zero-order chi connectivity index (χ0) is 26.7. The number of aliphatic carboxylic acids is 2. The van der Waals surface area contributed by atoms with E-state index < -0.39 is 78.7 Å². The molecule has 14 heteroatoms. The summed E-state index contributed by atoms with van der Waals surface area (Å²) >= 11 is 0. The Balaban J connectivity index is 2.98. The van der Waals surface area contributed by atoms with E-state index in [0.717, 1.165) is 12.5 Å². The van der Waals surface area contributed by atoms with Crippen molar-refractivity contribution in [2.75, 3.05) is 0 Å². The van der Waals surface area contributed by atoms with E-state index >= 15 is 0 Å². The molecule has 14 nitrogen and oxygen atoms in total. The lowest BCUT2D eigenvalue weighted by atomic mass is 10.0. The predicted octanol–water partition coefficient (Wildman–Crippen LogP) is -3.17. The Labute approximate surface area is 200 Å². The minimum Gasteiger partial charge on any atom is -0.481 e. The molecule has 1 aromatic carbocycles. The average molecular weight is 495 g/mol. The number of aliphatic hydroxyl groups excluding tert-OH is 1. The number of rotatable bonds is 14. The number of hydrogen-bond donors (Lipinski definition) is 8. The lowest BCUT2D eigenvalue weighted by Gasteiger charge is -2.24. The van der Waals surface area contributed by atoms with Crippen LogP contribution in [0.25, 0.3) is 0 Å². The molecule has 0 bridgehead atoms. The van der Waals surface area contributed by atoms with E-state index in [1.54, 1.807) is 30.3 Å². The largest absolute Gasteiger partial charge is 0.481 e. The van der Waals surface area contributed by atoms with Crippen LogP contribution < -0.4 is 27.4 Å². The fraction of sp³-hybridized carbons (Fsp3) is 0.429. The van der Waals surface area contributed by atoms with Gasteiger partial charge in [0.15, 0.2) is 6.04 Å².